The third-order valence-corrected chi connectivity index (χ3v) is 4.12. The summed E-state index contributed by atoms with van der Waals surface area (Å²) in [7, 11) is 4.11. The molecule has 5 nitrogen and oxygen atoms in total. The molecule has 1 fully saturated rings. The zero-order valence-electron chi connectivity index (χ0n) is 12.5. The summed E-state index contributed by atoms with van der Waals surface area (Å²) in [5, 5.41) is 12.1. The van der Waals surface area contributed by atoms with E-state index in [0.29, 0.717) is 6.54 Å². The second kappa shape index (κ2) is 5.50. The van der Waals surface area contributed by atoms with Crippen LogP contribution in [0.3, 0.4) is 0 Å². The van der Waals surface area contributed by atoms with Crippen LogP contribution >= 0.6 is 0 Å². The molecule has 2 unspecified atom stereocenters. The first kappa shape index (κ1) is 14.1. The highest BCUT2D eigenvalue weighted by Gasteiger charge is 2.32. The number of likely N-dealkylation sites (N-methyl/N-ethyl adjacent to an activating group) is 1. The third kappa shape index (κ3) is 2.66. The van der Waals surface area contributed by atoms with Gasteiger partial charge in [-0.05, 0) is 32.6 Å². The van der Waals surface area contributed by atoms with E-state index in [0.717, 1.165) is 35.1 Å². The number of nitrogens with two attached hydrogens (primary N) is 1. The van der Waals surface area contributed by atoms with Crippen LogP contribution in [-0.2, 0) is 0 Å². The second-order valence-electron chi connectivity index (χ2n) is 6.05. The lowest BCUT2D eigenvalue weighted by Crippen LogP contribution is -2.38. The van der Waals surface area contributed by atoms with Crippen molar-refractivity contribution in [3.63, 3.8) is 0 Å². The van der Waals surface area contributed by atoms with Gasteiger partial charge in [0.1, 0.15) is 0 Å². The van der Waals surface area contributed by atoms with Crippen molar-refractivity contribution in [3.8, 4) is 0 Å². The summed E-state index contributed by atoms with van der Waals surface area (Å²) in [4.78, 5) is 8.52. The molecule has 0 spiro atoms. The van der Waals surface area contributed by atoms with Gasteiger partial charge in [0.2, 0.25) is 0 Å². The van der Waals surface area contributed by atoms with Crippen molar-refractivity contribution in [2.45, 2.75) is 18.6 Å². The van der Waals surface area contributed by atoms with Crippen LogP contribution in [0.4, 0.5) is 11.4 Å². The maximum absolute atomic E-state index is 10.0. The van der Waals surface area contributed by atoms with Crippen molar-refractivity contribution in [1.29, 1.82) is 0 Å². The van der Waals surface area contributed by atoms with E-state index < -0.39 is 0 Å². The van der Waals surface area contributed by atoms with Gasteiger partial charge in [0, 0.05) is 42.3 Å². The third-order valence-electron chi connectivity index (χ3n) is 4.12. The van der Waals surface area contributed by atoms with E-state index in [1.54, 1.807) is 6.20 Å². The maximum Gasteiger partial charge on any atom is 0.0735 e. The summed E-state index contributed by atoms with van der Waals surface area (Å²) < 4.78 is 0. The lowest BCUT2D eigenvalue weighted by Gasteiger charge is -2.30. The van der Waals surface area contributed by atoms with Crippen LogP contribution in [0.1, 0.15) is 6.42 Å². The Morgan fingerprint density at radius 3 is 2.95 bits per heavy atom. The number of hydrogen-bond donors (Lipinski definition) is 2. The number of hydrogen-bond acceptors (Lipinski definition) is 5. The lowest BCUT2D eigenvalue weighted by molar-refractivity contribution is 0.191. The van der Waals surface area contributed by atoms with Gasteiger partial charge in [-0.3, -0.25) is 4.98 Å². The molecule has 0 aliphatic carbocycles. The Hall–Kier alpha value is -1.85. The van der Waals surface area contributed by atoms with Crippen molar-refractivity contribution in [2.75, 3.05) is 37.8 Å². The first-order chi connectivity index (χ1) is 10.1. The van der Waals surface area contributed by atoms with Gasteiger partial charge in [-0.2, -0.15) is 0 Å². The quantitative estimate of drug-likeness (QED) is 0.833. The SMILES string of the molecule is CN(C)CC1CC(O)CN1c1ccc2cnccc2c1N. The molecular formula is C16H22N4O. The summed E-state index contributed by atoms with van der Waals surface area (Å²) in [5.74, 6) is 0. The summed E-state index contributed by atoms with van der Waals surface area (Å²) in [5.41, 5.74) is 8.15. The average molecular weight is 286 g/mol. The van der Waals surface area contributed by atoms with Gasteiger partial charge >= 0.3 is 0 Å². The van der Waals surface area contributed by atoms with Crippen molar-refractivity contribution in [1.82, 2.24) is 9.88 Å². The minimum absolute atomic E-state index is 0.289. The number of anilines is 2. The van der Waals surface area contributed by atoms with Crippen molar-refractivity contribution in [2.24, 2.45) is 0 Å². The highest BCUT2D eigenvalue weighted by Crippen LogP contribution is 2.35. The number of rotatable bonds is 3. The van der Waals surface area contributed by atoms with Gasteiger partial charge in [0.05, 0.1) is 17.5 Å². The number of aliphatic hydroxyl groups is 1. The molecule has 0 amide bonds. The van der Waals surface area contributed by atoms with Crippen LogP contribution in [-0.4, -0.2) is 54.3 Å². The van der Waals surface area contributed by atoms with Crippen LogP contribution in [0, 0.1) is 0 Å². The van der Waals surface area contributed by atoms with E-state index in [2.05, 4.69) is 28.9 Å². The molecule has 2 aromatic rings. The van der Waals surface area contributed by atoms with E-state index in [1.807, 2.05) is 24.4 Å². The number of aliphatic hydroxyl groups excluding tert-OH is 1. The largest absolute Gasteiger partial charge is 0.397 e. The van der Waals surface area contributed by atoms with Gasteiger partial charge in [0.25, 0.3) is 0 Å². The fraction of sp³-hybridized carbons (Fsp3) is 0.438. The van der Waals surface area contributed by atoms with E-state index in [-0.39, 0.29) is 12.1 Å². The van der Waals surface area contributed by atoms with Gasteiger partial charge < -0.3 is 20.6 Å². The summed E-state index contributed by atoms with van der Waals surface area (Å²) in [6, 6.07) is 6.32. The Morgan fingerprint density at radius 1 is 1.38 bits per heavy atom. The molecule has 1 aromatic carbocycles. The molecule has 3 rings (SSSR count). The van der Waals surface area contributed by atoms with Crippen molar-refractivity contribution < 1.29 is 5.11 Å². The van der Waals surface area contributed by atoms with Crippen molar-refractivity contribution in [3.05, 3.63) is 30.6 Å². The van der Waals surface area contributed by atoms with Crippen LogP contribution in [0.25, 0.3) is 10.8 Å². The summed E-state index contributed by atoms with van der Waals surface area (Å²) in [6.45, 7) is 1.55. The second-order valence-corrected chi connectivity index (χ2v) is 6.05. The number of nitrogens with zero attached hydrogens (tertiary/aromatic N) is 3. The number of β-amino-alcohol motifs (C(OH)–C–C–N with tert-alkyl or cyclic N) is 1. The predicted molar refractivity (Wildman–Crippen MR) is 86.5 cm³/mol. The maximum atomic E-state index is 10.0. The van der Waals surface area contributed by atoms with Crippen molar-refractivity contribution >= 4 is 22.1 Å². The number of pyridine rings is 1. The molecule has 0 saturated carbocycles. The molecule has 1 aliphatic heterocycles. The Morgan fingerprint density at radius 2 is 2.19 bits per heavy atom. The van der Waals surface area contributed by atoms with E-state index >= 15 is 0 Å². The Balaban J connectivity index is 2.00. The summed E-state index contributed by atoms with van der Waals surface area (Å²) >= 11 is 0. The molecule has 5 heteroatoms. The normalized spacial score (nSPS) is 22.4. The minimum Gasteiger partial charge on any atom is -0.397 e. The minimum atomic E-state index is -0.289. The number of nitrogen functional groups attached to an aromatic ring is 1. The fourth-order valence-corrected chi connectivity index (χ4v) is 3.21. The molecule has 21 heavy (non-hydrogen) atoms. The number of benzene rings is 1. The number of fused-ring (bicyclic) bond motifs is 1. The molecule has 3 N–H and O–H groups in total. The van der Waals surface area contributed by atoms with Crippen LogP contribution in [0.15, 0.2) is 30.6 Å². The van der Waals surface area contributed by atoms with Gasteiger partial charge in [-0.15, -0.1) is 0 Å². The molecule has 2 atom stereocenters. The van der Waals surface area contributed by atoms with Gasteiger partial charge in [-0.25, -0.2) is 0 Å². The molecule has 2 heterocycles. The summed E-state index contributed by atoms with van der Waals surface area (Å²) in [6.07, 6.45) is 4.08. The fourth-order valence-electron chi connectivity index (χ4n) is 3.21. The van der Waals surface area contributed by atoms with Crippen LogP contribution < -0.4 is 10.6 Å². The number of aromatic nitrogens is 1. The molecule has 0 radical (unpaired) electrons. The predicted octanol–water partition coefficient (Wildman–Crippen LogP) is 1.32. The molecule has 1 saturated heterocycles. The molecular weight excluding hydrogens is 264 g/mol. The Bertz CT molecular complexity index is 643. The topological polar surface area (TPSA) is 65.6 Å². The van der Waals surface area contributed by atoms with E-state index in [4.69, 9.17) is 5.73 Å². The monoisotopic (exact) mass is 286 g/mol. The van der Waals surface area contributed by atoms with Gasteiger partial charge in [0.15, 0.2) is 0 Å². The smallest absolute Gasteiger partial charge is 0.0735 e. The highest BCUT2D eigenvalue weighted by molar-refractivity contribution is 5.98. The van der Waals surface area contributed by atoms with Gasteiger partial charge in [-0.1, -0.05) is 6.07 Å². The standard InChI is InChI=1S/C16H22N4O/c1-19(2)9-12-7-13(21)10-20(12)15-4-3-11-8-18-6-5-14(11)16(15)17/h3-6,8,12-13,21H,7,9-10,17H2,1-2H3. The Kier molecular flexibility index (Phi) is 3.69. The lowest BCUT2D eigenvalue weighted by atomic mass is 10.1. The van der Waals surface area contributed by atoms with E-state index in [1.165, 1.54) is 0 Å². The molecule has 112 valence electrons. The first-order valence-electron chi connectivity index (χ1n) is 7.28. The van der Waals surface area contributed by atoms with Crippen LogP contribution in [0.5, 0.6) is 0 Å². The molecule has 1 aliphatic rings. The molecule has 1 aromatic heterocycles. The zero-order chi connectivity index (χ0) is 15.0. The van der Waals surface area contributed by atoms with E-state index in [9.17, 15) is 5.11 Å². The molecule has 0 bridgehead atoms. The average Bonchev–Trinajstić information content (AvgIpc) is 2.79. The Labute approximate surface area is 125 Å². The highest BCUT2D eigenvalue weighted by atomic mass is 16.3. The zero-order valence-corrected chi connectivity index (χ0v) is 12.5. The first-order valence-corrected chi connectivity index (χ1v) is 7.28. The van der Waals surface area contributed by atoms with Crippen LogP contribution in [0.2, 0.25) is 0 Å².